The van der Waals surface area contributed by atoms with Crippen LogP contribution in [0.4, 0.5) is 21.5 Å². The molecule has 0 aliphatic heterocycles. The summed E-state index contributed by atoms with van der Waals surface area (Å²) in [7, 11) is 0. The molecule has 2 aromatic carbocycles. The number of para-hydroxylation sites is 2. The normalized spacial score (nSPS) is 10.3. The van der Waals surface area contributed by atoms with E-state index in [1.54, 1.807) is 12.1 Å². The average Bonchev–Trinajstić information content (AvgIpc) is 2.33. The van der Waals surface area contributed by atoms with Crippen molar-refractivity contribution in [3.63, 3.8) is 0 Å². The fraction of sp³-hybridized carbons (Fsp3) is 0. The first kappa shape index (κ1) is 13.8. The number of halogens is 3. The van der Waals surface area contributed by atoms with Gasteiger partial charge in [-0.15, -0.1) is 0 Å². The minimum absolute atomic E-state index is 0.0116. The zero-order chi connectivity index (χ0) is 14.0. The van der Waals surface area contributed by atoms with Gasteiger partial charge in [0.15, 0.2) is 0 Å². The summed E-state index contributed by atoms with van der Waals surface area (Å²) in [6, 6.07) is 8.82. The van der Waals surface area contributed by atoms with E-state index in [1.165, 1.54) is 24.3 Å². The number of hydrogen-bond donors (Lipinski definition) is 1. The molecule has 0 bridgehead atoms. The van der Waals surface area contributed by atoms with Crippen molar-refractivity contribution in [2.45, 2.75) is 0 Å². The van der Waals surface area contributed by atoms with Crippen molar-refractivity contribution >= 4 is 44.6 Å². The Balaban J connectivity index is 2.50. The molecule has 0 radical (unpaired) electrons. The molecule has 0 aliphatic carbocycles. The molecule has 0 aromatic heterocycles. The smallest absolute Gasteiger partial charge is 0.311 e. The lowest BCUT2D eigenvalue weighted by Crippen LogP contribution is -2.00. The second kappa shape index (κ2) is 5.54. The fourth-order valence-electron chi connectivity index (χ4n) is 1.55. The molecule has 0 fully saturated rings. The van der Waals surface area contributed by atoms with Gasteiger partial charge in [0.1, 0.15) is 16.5 Å². The SMILES string of the molecule is O=[N+]([O-])c1c(Cl)cccc1Nc1c(F)cccc1Br. The summed E-state index contributed by atoms with van der Waals surface area (Å²) in [6.07, 6.45) is 0. The molecule has 0 heterocycles. The highest BCUT2D eigenvalue weighted by molar-refractivity contribution is 9.10. The number of nitro benzene ring substituents is 1. The topological polar surface area (TPSA) is 55.2 Å². The van der Waals surface area contributed by atoms with Crippen LogP contribution in [0.25, 0.3) is 0 Å². The summed E-state index contributed by atoms with van der Waals surface area (Å²) in [5, 5.41) is 13.6. The molecule has 7 heteroatoms. The minimum Gasteiger partial charge on any atom is -0.347 e. The summed E-state index contributed by atoms with van der Waals surface area (Å²) < 4.78 is 14.1. The van der Waals surface area contributed by atoms with Gasteiger partial charge in [-0.25, -0.2) is 4.39 Å². The molecule has 98 valence electrons. The van der Waals surface area contributed by atoms with Crippen molar-refractivity contribution in [3.05, 3.63) is 61.8 Å². The van der Waals surface area contributed by atoms with Crippen LogP contribution in [0.3, 0.4) is 0 Å². The molecule has 2 aromatic rings. The average molecular weight is 346 g/mol. The van der Waals surface area contributed by atoms with E-state index in [9.17, 15) is 14.5 Å². The quantitative estimate of drug-likeness (QED) is 0.636. The van der Waals surface area contributed by atoms with Gasteiger partial charge in [-0.3, -0.25) is 10.1 Å². The first-order valence-electron chi connectivity index (χ1n) is 5.14. The van der Waals surface area contributed by atoms with Gasteiger partial charge in [0.05, 0.1) is 10.6 Å². The lowest BCUT2D eigenvalue weighted by atomic mass is 10.2. The van der Waals surface area contributed by atoms with E-state index in [4.69, 9.17) is 11.6 Å². The van der Waals surface area contributed by atoms with Crippen LogP contribution in [-0.4, -0.2) is 4.92 Å². The molecule has 0 unspecified atom stereocenters. The minimum atomic E-state index is -0.612. The van der Waals surface area contributed by atoms with Crippen LogP contribution in [0, 0.1) is 15.9 Å². The molecule has 2 rings (SSSR count). The third kappa shape index (κ3) is 2.85. The Morgan fingerprint density at radius 3 is 2.58 bits per heavy atom. The molecule has 1 N–H and O–H groups in total. The Morgan fingerprint density at radius 1 is 1.26 bits per heavy atom. The van der Waals surface area contributed by atoms with Crippen LogP contribution in [0.5, 0.6) is 0 Å². The van der Waals surface area contributed by atoms with Crippen molar-refractivity contribution in [1.82, 2.24) is 0 Å². The van der Waals surface area contributed by atoms with Crippen LogP contribution in [0.1, 0.15) is 0 Å². The van der Waals surface area contributed by atoms with Gasteiger partial charge in [0.25, 0.3) is 0 Å². The standard InChI is InChI=1S/C12H7BrClFN2O2/c13-7-3-1-5-9(15)11(7)16-10-6-2-4-8(14)12(10)17(18)19/h1-6,16H. The van der Waals surface area contributed by atoms with E-state index >= 15 is 0 Å². The maximum atomic E-state index is 13.7. The highest BCUT2D eigenvalue weighted by Gasteiger charge is 2.19. The van der Waals surface area contributed by atoms with Crippen LogP contribution < -0.4 is 5.32 Å². The second-order valence-electron chi connectivity index (χ2n) is 3.61. The lowest BCUT2D eigenvalue weighted by molar-refractivity contribution is -0.383. The molecule has 0 aliphatic rings. The Labute approximate surface area is 121 Å². The zero-order valence-electron chi connectivity index (χ0n) is 9.36. The van der Waals surface area contributed by atoms with E-state index < -0.39 is 10.7 Å². The predicted molar refractivity (Wildman–Crippen MR) is 75.5 cm³/mol. The second-order valence-corrected chi connectivity index (χ2v) is 4.88. The van der Waals surface area contributed by atoms with Gasteiger partial charge >= 0.3 is 5.69 Å². The van der Waals surface area contributed by atoms with Crippen LogP contribution in [0.2, 0.25) is 5.02 Å². The molecular weight excluding hydrogens is 338 g/mol. The van der Waals surface area contributed by atoms with Crippen molar-refractivity contribution in [2.24, 2.45) is 0 Å². The summed E-state index contributed by atoms with van der Waals surface area (Å²) in [5.41, 5.74) is -0.0458. The summed E-state index contributed by atoms with van der Waals surface area (Å²) in [4.78, 5) is 10.4. The summed E-state index contributed by atoms with van der Waals surface area (Å²) >= 11 is 8.96. The molecule has 4 nitrogen and oxygen atoms in total. The molecule has 0 saturated carbocycles. The fourth-order valence-corrected chi connectivity index (χ4v) is 2.24. The van der Waals surface area contributed by atoms with Gasteiger partial charge in [0.2, 0.25) is 0 Å². The van der Waals surface area contributed by atoms with Crippen LogP contribution in [0.15, 0.2) is 40.9 Å². The Bertz CT molecular complexity index is 631. The van der Waals surface area contributed by atoms with E-state index in [2.05, 4.69) is 21.2 Å². The monoisotopic (exact) mass is 344 g/mol. The molecule has 0 spiro atoms. The maximum absolute atomic E-state index is 13.7. The number of nitrogens with one attached hydrogen (secondary N) is 1. The third-order valence-electron chi connectivity index (χ3n) is 2.39. The Kier molecular flexibility index (Phi) is 4.01. The Morgan fingerprint density at radius 2 is 1.95 bits per heavy atom. The van der Waals surface area contributed by atoms with E-state index in [0.29, 0.717) is 4.47 Å². The van der Waals surface area contributed by atoms with Crippen LogP contribution >= 0.6 is 27.5 Å². The zero-order valence-corrected chi connectivity index (χ0v) is 11.7. The number of benzene rings is 2. The van der Waals surface area contributed by atoms with Crippen LogP contribution in [-0.2, 0) is 0 Å². The number of nitrogens with zero attached hydrogens (tertiary/aromatic N) is 1. The van der Waals surface area contributed by atoms with E-state index in [0.717, 1.165) is 0 Å². The molecule has 0 amide bonds. The molecular formula is C12H7BrClFN2O2. The summed E-state index contributed by atoms with van der Waals surface area (Å²) in [5.74, 6) is -0.524. The molecule has 0 atom stereocenters. The first-order chi connectivity index (χ1) is 9.00. The largest absolute Gasteiger partial charge is 0.347 e. The lowest BCUT2D eigenvalue weighted by Gasteiger charge is -2.10. The number of anilines is 2. The van der Waals surface area contributed by atoms with Gasteiger partial charge in [-0.1, -0.05) is 23.7 Å². The van der Waals surface area contributed by atoms with E-state index in [-0.39, 0.29) is 22.1 Å². The predicted octanol–water partition coefficient (Wildman–Crippen LogP) is 4.89. The highest BCUT2D eigenvalue weighted by Crippen LogP contribution is 2.36. The Hall–Kier alpha value is -1.66. The van der Waals surface area contributed by atoms with Gasteiger partial charge in [-0.2, -0.15) is 0 Å². The van der Waals surface area contributed by atoms with Gasteiger partial charge < -0.3 is 5.32 Å². The maximum Gasteiger partial charge on any atom is 0.311 e. The third-order valence-corrected chi connectivity index (χ3v) is 3.36. The summed E-state index contributed by atoms with van der Waals surface area (Å²) in [6.45, 7) is 0. The van der Waals surface area contributed by atoms with Gasteiger partial charge in [0, 0.05) is 4.47 Å². The number of hydrogen-bond acceptors (Lipinski definition) is 3. The van der Waals surface area contributed by atoms with Crippen molar-refractivity contribution < 1.29 is 9.31 Å². The first-order valence-corrected chi connectivity index (χ1v) is 6.31. The van der Waals surface area contributed by atoms with Crippen molar-refractivity contribution in [2.75, 3.05) is 5.32 Å². The number of nitro groups is 1. The molecule has 19 heavy (non-hydrogen) atoms. The van der Waals surface area contributed by atoms with E-state index in [1.807, 2.05) is 0 Å². The van der Waals surface area contributed by atoms with Gasteiger partial charge in [-0.05, 0) is 40.2 Å². The van der Waals surface area contributed by atoms with Crippen molar-refractivity contribution in [1.29, 1.82) is 0 Å². The van der Waals surface area contributed by atoms with Crippen molar-refractivity contribution in [3.8, 4) is 0 Å². The highest BCUT2D eigenvalue weighted by atomic mass is 79.9. The number of rotatable bonds is 3. The molecule has 0 saturated heterocycles.